The number of fused-ring (bicyclic) bond motifs is 3. The highest BCUT2D eigenvalue weighted by atomic mass is 32.1. The van der Waals surface area contributed by atoms with E-state index in [-0.39, 0.29) is 0 Å². The van der Waals surface area contributed by atoms with E-state index in [4.69, 9.17) is 0 Å². The van der Waals surface area contributed by atoms with Gasteiger partial charge in [0.2, 0.25) is 0 Å². The van der Waals surface area contributed by atoms with Gasteiger partial charge in [-0.25, -0.2) is 0 Å². The van der Waals surface area contributed by atoms with Gasteiger partial charge in [-0.1, -0.05) is 97.1 Å². The molecule has 0 saturated carbocycles. The Morgan fingerprint density at radius 3 is 1.28 bits per heavy atom. The summed E-state index contributed by atoms with van der Waals surface area (Å²) in [5, 5.41) is 2.69. The summed E-state index contributed by atoms with van der Waals surface area (Å²) in [6.45, 7) is 0. The van der Waals surface area contributed by atoms with E-state index in [0.29, 0.717) is 0 Å². The maximum Gasteiger partial charge on any atom is 0.0434 e. The van der Waals surface area contributed by atoms with Crippen molar-refractivity contribution < 1.29 is 0 Å². The van der Waals surface area contributed by atoms with Crippen molar-refractivity contribution in [1.29, 1.82) is 0 Å². The smallest absolute Gasteiger partial charge is 0.0434 e. The largest absolute Gasteiger partial charge is 0.134 e. The van der Waals surface area contributed by atoms with Gasteiger partial charge in [-0.3, -0.25) is 0 Å². The van der Waals surface area contributed by atoms with Gasteiger partial charge >= 0.3 is 0 Å². The molecule has 5 rings (SSSR count). The van der Waals surface area contributed by atoms with Crippen LogP contribution in [0, 0.1) is 0 Å². The van der Waals surface area contributed by atoms with Crippen LogP contribution in [0.5, 0.6) is 0 Å². The van der Waals surface area contributed by atoms with Gasteiger partial charge in [0.1, 0.15) is 0 Å². The standard InChI is InChI=1S/C24H16S/c1-3-9-17(10-4-1)19-13-7-15-21-22-16-8-14-20(24(22)25-23(19)21)18-11-5-2-6-12-18/h1-16H. The first-order valence-electron chi connectivity index (χ1n) is 8.47. The van der Waals surface area contributed by atoms with Gasteiger partial charge < -0.3 is 0 Å². The lowest BCUT2D eigenvalue weighted by Gasteiger charge is -2.03. The van der Waals surface area contributed by atoms with E-state index in [0.717, 1.165) is 0 Å². The molecule has 1 heterocycles. The third kappa shape index (κ3) is 2.36. The van der Waals surface area contributed by atoms with Gasteiger partial charge in [-0.2, -0.15) is 0 Å². The molecule has 1 aromatic heterocycles. The second kappa shape index (κ2) is 5.87. The van der Waals surface area contributed by atoms with Crippen LogP contribution in [0.25, 0.3) is 42.4 Å². The van der Waals surface area contributed by atoms with Crippen LogP contribution in [0.2, 0.25) is 0 Å². The zero-order chi connectivity index (χ0) is 16.6. The molecule has 0 fully saturated rings. The van der Waals surface area contributed by atoms with E-state index in [9.17, 15) is 0 Å². The first-order valence-corrected chi connectivity index (χ1v) is 9.28. The van der Waals surface area contributed by atoms with Crippen molar-refractivity contribution in [2.24, 2.45) is 0 Å². The normalized spacial score (nSPS) is 11.2. The molecule has 0 aliphatic rings. The van der Waals surface area contributed by atoms with Gasteiger partial charge in [0, 0.05) is 20.2 Å². The van der Waals surface area contributed by atoms with Crippen molar-refractivity contribution in [2.45, 2.75) is 0 Å². The molecule has 0 spiro atoms. The monoisotopic (exact) mass is 336 g/mol. The fourth-order valence-corrected chi connectivity index (χ4v) is 4.88. The Hall–Kier alpha value is -2.90. The summed E-state index contributed by atoms with van der Waals surface area (Å²) in [6.07, 6.45) is 0. The van der Waals surface area contributed by atoms with Gasteiger partial charge in [-0.05, 0) is 22.3 Å². The Morgan fingerprint density at radius 2 is 0.840 bits per heavy atom. The number of rotatable bonds is 2. The lowest BCUT2D eigenvalue weighted by molar-refractivity contribution is 1.67. The number of hydrogen-bond donors (Lipinski definition) is 0. The van der Waals surface area contributed by atoms with Gasteiger partial charge in [0.05, 0.1) is 0 Å². The zero-order valence-corrected chi connectivity index (χ0v) is 14.5. The van der Waals surface area contributed by atoms with Crippen molar-refractivity contribution in [3.05, 3.63) is 97.1 Å². The molecule has 0 aliphatic carbocycles. The molecule has 0 unspecified atom stereocenters. The van der Waals surface area contributed by atoms with Crippen molar-refractivity contribution >= 4 is 31.5 Å². The van der Waals surface area contributed by atoms with E-state index in [1.807, 2.05) is 11.3 Å². The molecule has 0 atom stereocenters. The van der Waals surface area contributed by atoms with Crippen LogP contribution in [0.15, 0.2) is 97.1 Å². The van der Waals surface area contributed by atoms with Crippen LogP contribution >= 0.6 is 11.3 Å². The highest BCUT2D eigenvalue weighted by Crippen LogP contribution is 2.43. The van der Waals surface area contributed by atoms with Crippen molar-refractivity contribution in [3.8, 4) is 22.3 Å². The maximum atomic E-state index is 2.25. The Morgan fingerprint density at radius 1 is 0.400 bits per heavy atom. The molecule has 0 saturated heterocycles. The molecular weight excluding hydrogens is 320 g/mol. The molecule has 4 aromatic carbocycles. The summed E-state index contributed by atoms with van der Waals surface area (Å²) in [5.74, 6) is 0. The summed E-state index contributed by atoms with van der Waals surface area (Å²) in [4.78, 5) is 0. The Balaban J connectivity index is 1.85. The van der Waals surface area contributed by atoms with Crippen LogP contribution in [0.3, 0.4) is 0 Å². The average molecular weight is 336 g/mol. The fraction of sp³-hybridized carbons (Fsp3) is 0. The fourth-order valence-electron chi connectivity index (χ4n) is 3.51. The van der Waals surface area contributed by atoms with E-state index < -0.39 is 0 Å². The molecule has 0 radical (unpaired) electrons. The predicted octanol–water partition coefficient (Wildman–Crippen LogP) is 7.39. The third-order valence-electron chi connectivity index (χ3n) is 4.69. The zero-order valence-electron chi connectivity index (χ0n) is 13.6. The van der Waals surface area contributed by atoms with Crippen LogP contribution in [0.1, 0.15) is 0 Å². The molecule has 5 aromatic rings. The molecule has 118 valence electrons. The summed E-state index contributed by atoms with van der Waals surface area (Å²) >= 11 is 1.90. The van der Waals surface area contributed by atoms with E-state index in [1.54, 1.807) is 0 Å². The lowest BCUT2D eigenvalue weighted by Crippen LogP contribution is -1.77. The molecular formula is C24H16S. The SMILES string of the molecule is c1ccc(-c2cccc3c2sc2c(-c4ccccc4)cccc23)cc1. The first kappa shape index (κ1) is 14.4. The van der Waals surface area contributed by atoms with Gasteiger partial charge in [-0.15, -0.1) is 11.3 Å². The summed E-state index contributed by atoms with van der Waals surface area (Å²) in [7, 11) is 0. The lowest BCUT2D eigenvalue weighted by atomic mass is 10.0. The highest BCUT2D eigenvalue weighted by Gasteiger charge is 2.13. The molecule has 1 heteroatoms. The second-order valence-electron chi connectivity index (χ2n) is 6.20. The third-order valence-corrected chi connectivity index (χ3v) is 5.98. The number of hydrogen-bond acceptors (Lipinski definition) is 1. The summed E-state index contributed by atoms with van der Waals surface area (Å²) in [6, 6.07) is 34.6. The molecule has 0 N–H and O–H groups in total. The predicted molar refractivity (Wildman–Crippen MR) is 110 cm³/mol. The highest BCUT2D eigenvalue weighted by molar-refractivity contribution is 7.26. The summed E-state index contributed by atoms with van der Waals surface area (Å²) < 4.78 is 2.74. The molecule has 0 aliphatic heterocycles. The first-order chi connectivity index (χ1) is 12.4. The molecule has 0 amide bonds. The van der Waals surface area contributed by atoms with E-state index in [2.05, 4.69) is 97.1 Å². The van der Waals surface area contributed by atoms with Crippen LogP contribution in [0.4, 0.5) is 0 Å². The van der Waals surface area contributed by atoms with E-state index in [1.165, 1.54) is 42.4 Å². The Kier molecular flexibility index (Phi) is 3.39. The van der Waals surface area contributed by atoms with Crippen molar-refractivity contribution in [1.82, 2.24) is 0 Å². The number of thiophene rings is 1. The van der Waals surface area contributed by atoms with Crippen molar-refractivity contribution in [3.63, 3.8) is 0 Å². The van der Waals surface area contributed by atoms with E-state index >= 15 is 0 Å². The molecule has 25 heavy (non-hydrogen) atoms. The quantitative estimate of drug-likeness (QED) is 0.315. The van der Waals surface area contributed by atoms with Crippen LogP contribution < -0.4 is 0 Å². The Labute approximate surface area is 151 Å². The average Bonchev–Trinajstić information content (AvgIpc) is 3.08. The maximum absolute atomic E-state index is 2.25. The van der Waals surface area contributed by atoms with Crippen LogP contribution in [-0.2, 0) is 0 Å². The number of benzene rings is 4. The Bertz CT molecular complexity index is 1070. The van der Waals surface area contributed by atoms with Gasteiger partial charge in [0.25, 0.3) is 0 Å². The minimum absolute atomic E-state index is 1.28. The minimum Gasteiger partial charge on any atom is -0.134 e. The van der Waals surface area contributed by atoms with Gasteiger partial charge in [0.15, 0.2) is 0 Å². The van der Waals surface area contributed by atoms with Crippen molar-refractivity contribution in [2.75, 3.05) is 0 Å². The second-order valence-corrected chi connectivity index (χ2v) is 7.22. The van der Waals surface area contributed by atoms with Crippen LogP contribution in [-0.4, -0.2) is 0 Å². The molecule has 0 bridgehead atoms. The topological polar surface area (TPSA) is 0 Å². The summed E-state index contributed by atoms with van der Waals surface area (Å²) in [5.41, 5.74) is 5.19. The molecule has 0 nitrogen and oxygen atoms in total. The minimum atomic E-state index is 1.28.